The summed E-state index contributed by atoms with van der Waals surface area (Å²) < 4.78 is 0. The second-order valence-corrected chi connectivity index (χ2v) is 7.23. The van der Waals surface area contributed by atoms with E-state index < -0.39 is 0 Å². The molecule has 0 aliphatic carbocycles. The molecule has 0 bridgehead atoms. The minimum atomic E-state index is 0.228. The van der Waals surface area contributed by atoms with Gasteiger partial charge in [0.1, 0.15) is 6.04 Å². The van der Waals surface area contributed by atoms with E-state index in [0.717, 1.165) is 32.7 Å². The lowest BCUT2D eigenvalue weighted by Gasteiger charge is -2.42. The van der Waals surface area contributed by atoms with Gasteiger partial charge in [0.15, 0.2) is 0 Å². The van der Waals surface area contributed by atoms with Crippen LogP contribution in [0.2, 0.25) is 0 Å². The summed E-state index contributed by atoms with van der Waals surface area (Å²) >= 11 is 0. The predicted molar refractivity (Wildman–Crippen MR) is 76.0 cm³/mol. The summed E-state index contributed by atoms with van der Waals surface area (Å²) in [6.07, 6.45) is 3.82. The first-order valence-electron chi connectivity index (χ1n) is 7.78. The Morgan fingerprint density at radius 3 is 2.21 bits per heavy atom. The molecule has 0 aromatic heterocycles. The van der Waals surface area contributed by atoms with E-state index in [1.54, 1.807) is 0 Å². The van der Waals surface area contributed by atoms with Crippen LogP contribution in [0.4, 0.5) is 0 Å². The molecule has 3 fully saturated rings. The summed E-state index contributed by atoms with van der Waals surface area (Å²) in [4.78, 5) is 19.5. The zero-order valence-electron chi connectivity index (χ0n) is 12.6. The molecule has 3 aliphatic heterocycles. The Labute approximate surface area is 116 Å². The van der Waals surface area contributed by atoms with Crippen molar-refractivity contribution in [1.29, 1.82) is 0 Å². The molecule has 108 valence electrons. The molecule has 19 heavy (non-hydrogen) atoms. The standard InChI is InChI=1S/C15H27N3O/c1-15(2,3)17-10-8-16(9-11-17)14(19)13-12-6-4-5-7-18(12)13/h12-13H,4-11H2,1-3H3. The van der Waals surface area contributed by atoms with E-state index in [4.69, 9.17) is 0 Å². The fourth-order valence-electron chi connectivity index (χ4n) is 3.70. The van der Waals surface area contributed by atoms with Gasteiger partial charge in [-0.25, -0.2) is 0 Å². The SMILES string of the molecule is CC(C)(C)N1CCN(C(=O)C2C3CCCCN32)CC1. The van der Waals surface area contributed by atoms with E-state index in [2.05, 4.69) is 35.5 Å². The summed E-state index contributed by atoms with van der Waals surface area (Å²) in [6, 6.07) is 0.825. The normalized spacial score (nSPS) is 35.9. The van der Waals surface area contributed by atoms with Crippen LogP contribution in [-0.4, -0.2) is 71.0 Å². The van der Waals surface area contributed by atoms with Gasteiger partial charge >= 0.3 is 0 Å². The highest BCUT2D eigenvalue weighted by Gasteiger charge is 2.54. The molecular weight excluding hydrogens is 238 g/mol. The largest absolute Gasteiger partial charge is 0.339 e. The predicted octanol–water partition coefficient (Wildman–Crippen LogP) is 1.17. The van der Waals surface area contributed by atoms with Gasteiger partial charge in [-0.05, 0) is 40.2 Å². The van der Waals surface area contributed by atoms with Crippen molar-refractivity contribution in [3.8, 4) is 0 Å². The van der Waals surface area contributed by atoms with Crippen molar-refractivity contribution >= 4 is 5.91 Å². The molecule has 1 amide bonds. The molecule has 3 heterocycles. The number of carbonyl (C=O) groups excluding carboxylic acids is 1. The molecule has 4 nitrogen and oxygen atoms in total. The molecular formula is C15H27N3O. The zero-order chi connectivity index (χ0) is 13.6. The first-order valence-corrected chi connectivity index (χ1v) is 7.78. The van der Waals surface area contributed by atoms with Gasteiger partial charge in [-0.3, -0.25) is 14.6 Å². The second kappa shape index (κ2) is 4.74. The van der Waals surface area contributed by atoms with Crippen LogP contribution < -0.4 is 0 Å². The van der Waals surface area contributed by atoms with Gasteiger partial charge in [-0.1, -0.05) is 6.42 Å². The summed E-state index contributed by atoms with van der Waals surface area (Å²) in [7, 11) is 0. The van der Waals surface area contributed by atoms with Crippen LogP contribution in [0.25, 0.3) is 0 Å². The van der Waals surface area contributed by atoms with Gasteiger partial charge in [-0.15, -0.1) is 0 Å². The first-order chi connectivity index (χ1) is 8.98. The van der Waals surface area contributed by atoms with Crippen LogP contribution in [0.5, 0.6) is 0 Å². The van der Waals surface area contributed by atoms with Crippen molar-refractivity contribution in [3.05, 3.63) is 0 Å². The van der Waals surface area contributed by atoms with Crippen molar-refractivity contribution in [2.45, 2.75) is 57.7 Å². The third-order valence-electron chi connectivity index (χ3n) is 5.02. The molecule has 3 unspecified atom stereocenters. The highest BCUT2D eigenvalue weighted by atomic mass is 16.2. The van der Waals surface area contributed by atoms with E-state index in [-0.39, 0.29) is 11.6 Å². The minimum absolute atomic E-state index is 0.228. The van der Waals surface area contributed by atoms with E-state index >= 15 is 0 Å². The first kappa shape index (κ1) is 13.4. The van der Waals surface area contributed by atoms with Crippen molar-refractivity contribution in [2.75, 3.05) is 32.7 Å². The fraction of sp³-hybridized carbons (Fsp3) is 0.933. The number of nitrogens with zero attached hydrogens (tertiary/aromatic N) is 3. The summed E-state index contributed by atoms with van der Waals surface area (Å²) in [5.74, 6) is 0.403. The van der Waals surface area contributed by atoms with E-state index in [0.29, 0.717) is 11.9 Å². The van der Waals surface area contributed by atoms with Crippen LogP contribution in [0, 0.1) is 0 Å². The average molecular weight is 265 g/mol. The molecule has 3 saturated heterocycles. The van der Waals surface area contributed by atoms with Crippen molar-refractivity contribution in [2.24, 2.45) is 0 Å². The second-order valence-electron chi connectivity index (χ2n) is 7.23. The Kier molecular flexibility index (Phi) is 3.34. The maximum Gasteiger partial charge on any atom is 0.241 e. The van der Waals surface area contributed by atoms with Gasteiger partial charge < -0.3 is 4.90 Å². The third-order valence-corrected chi connectivity index (χ3v) is 5.02. The minimum Gasteiger partial charge on any atom is -0.339 e. The Bertz CT molecular complexity index is 343. The average Bonchev–Trinajstić information content (AvgIpc) is 3.11. The van der Waals surface area contributed by atoms with E-state index in [9.17, 15) is 4.79 Å². The Balaban J connectivity index is 1.53. The fourth-order valence-corrected chi connectivity index (χ4v) is 3.70. The lowest BCUT2D eigenvalue weighted by molar-refractivity contribution is -0.134. The van der Waals surface area contributed by atoms with Gasteiger partial charge in [0.2, 0.25) is 5.91 Å². The number of carbonyl (C=O) groups is 1. The smallest absolute Gasteiger partial charge is 0.241 e. The van der Waals surface area contributed by atoms with Crippen LogP contribution >= 0.6 is 0 Å². The number of fused-ring (bicyclic) bond motifs is 1. The molecule has 0 aromatic carbocycles. The van der Waals surface area contributed by atoms with Crippen LogP contribution in [0.15, 0.2) is 0 Å². The van der Waals surface area contributed by atoms with Crippen LogP contribution in [0.1, 0.15) is 40.0 Å². The molecule has 0 N–H and O–H groups in total. The molecule has 0 aromatic rings. The number of hydrogen-bond acceptors (Lipinski definition) is 3. The zero-order valence-corrected chi connectivity index (χ0v) is 12.6. The quantitative estimate of drug-likeness (QED) is 0.666. The molecule has 3 aliphatic rings. The van der Waals surface area contributed by atoms with Crippen molar-refractivity contribution in [3.63, 3.8) is 0 Å². The number of amides is 1. The Morgan fingerprint density at radius 2 is 1.68 bits per heavy atom. The lowest BCUT2D eigenvalue weighted by Crippen LogP contribution is -2.55. The van der Waals surface area contributed by atoms with Crippen molar-refractivity contribution < 1.29 is 4.79 Å². The van der Waals surface area contributed by atoms with E-state index in [1.807, 2.05) is 0 Å². The van der Waals surface area contributed by atoms with Crippen LogP contribution in [-0.2, 0) is 4.79 Å². The lowest BCUT2D eigenvalue weighted by atomic mass is 10.0. The van der Waals surface area contributed by atoms with Crippen LogP contribution in [0.3, 0.4) is 0 Å². The summed E-state index contributed by atoms with van der Waals surface area (Å²) in [6.45, 7) is 11.8. The highest BCUT2D eigenvalue weighted by Crippen LogP contribution is 2.37. The number of rotatable bonds is 1. The molecule has 4 heteroatoms. The Hall–Kier alpha value is -0.610. The summed E-state index contributed by atoms with van der Waals surface area (Å²) in [5, 5.41) is 0. The van der Waals surface area contributed by atoms with Gasteiger partial charge in [0.05, 0.1) is 0 Å². The maximum absolute atomic E-state index is 12.5. The summed E-state index contributed by atoms with van der Waals surface area (Å²) in [5.41, 5.74) is 0.228. The van der Waals surface area contributed by atoms with Crippen molar-refractivity contribution in [1.82, 2.24) is 14.7 Å². The number of hydrogen-bond donors (Lipinski definition) is 0. The number of piperazine rings is 1. The third kappa shape index (κ3) is 2.52. The van der Waals surface area contributed by atoms with Gasteiger partial charge in [0.25, 0.3) is 0 Å². The topological polar surface area (TPSA) is 26.6 Å². The number of piperidine rings is 1. The molecule has 0 radical (unpaired) electrons. The molecule has 0 spiro atoms. The monoisotopic (exact) mass is 265 g/mol. The Morgan fingerprint density at radius 1 is 1.00 bits per heavy atom. The maximum atomic E-state index is 12.5. The molecule has 0 saturated carbocycles. The highest BCUT2D eigenvalue weighted by molar-refractivity contribution is 5.86. The molecule has 3 rings (SSSR count). The van der Waals surface area contributed by atoms with Gasteiger partial charge in [-0.2, -0.15) is 0 Å². The van der Waals surface area contributed by atoms with Gasteiger partial charge in [0, 0.05) is 37.8 Å². The van der Waals surface area contributed by atoms with E-state index in [1.165, 1.54) is 19.3 Å². The molecule has 3 atom stereocenters.